The van der Waals surface area contributed by atoms with Gasteiger partial charge in [0.2, 0.25) is 0 Å². The van der Waals surface area contributed by atoms with E-state index in [1.807, 2.05) is 31.4 Å². The van der Waals surface area contributed by atoms with Crippen LogP contribution in [0.2, 0.25) is 0 Å². The highest BCUT2D eigenvalue weighted by Crippen LogP contribution is 2.30. The second-order valence-corrected chi connectivity index (χ2v) is 3.36. The first-order chi connectivity index (χ1) is 7.20. The molecule has 2 N–H and O–H groups in total. The predicted octanol–water partition coefficient (Wildman–Crippen LogP) is 1.68. The molecule has 0 fully saturated rings. The molecule has 0 bridgehead atoms. The molecular weight excluding hydrogens is 190 g/mol. The van der Waals surface area contributed by atoms with E-state index >= 15 is 0 Å². The second-order valence-electron chi connectivity index (χ2n) is 3.36. The molecule has 78 valence electrons. The van der Waals surface area contributed by atoms with Crippen molar-refractivity contribution in [2.24, 2.45) is 7.05 Å². The standard InChI is InChI=1S/C11H13N3O/c1-14-7-8(6-13-14)10-4-3-9(12)5-11(10)15-2/h3-7H,12H2,1-2H3. The summed E-state index contributed by atoms with van der Waals surface area (Å²) < 4.78 is 7.03. The summed E-state index contributed by atoms with van der Waals surface area (Å²) in [5.41, 5.74) is 8.40. The highest BCUT2D eigenvalue weighted by molar-refractivity contribution is 5.71. The Bertz CT molecular complexity index is 476. The van der Waals surface area contributed by atoms with Gasteiger partial charge in [-0.2, -0.15) is 5.10 Å². The number of methoxy groups -OCH3 is 1. The van der Waals surface area contributed by atoms with Gasteiger partial charge in [-0.15, -0.1) is 0 Å². The van der Waals surface area contributed by atoms with Crippen molar-refractivity contribution in [2.45, 2.75) is 0 Å². The third kappa shape index (κ3) is 1.79. The molecule has 2 aromatic rings. The number of nitrogens with zero attached hydrogens (tertiary/aromatic N) is 2. The van der Waals surface area contributed by atoms with Gasteiger partial charge in [0.1, 0.15) is 5.75 Å². The molecule has 0 atom stereocenters. The fraction of sp³-hybridized carbons (Fsp3) is 0.182. The molecule has 0 radical (unpaired) electrons. The molecule has 0 spiro atoms. The average Bonchev–Trinajstić information content (AvgIpc) is 2.64. The number of aryl methyl sites for hydroxylation is 1. The number of rotatable bonds is 2. The number of nitrogens with two attached hydrogens (primary N) is 1. The van der Waals surface area contributed by atoms with Gasteiger partial charge in [0, 0.05) is 36.1 Å². The van der Waals surface area contributed by atoms with Crippen LogP contribution in [-0.4, -0.2) is 16.9 Å². The van der Waals surface area contributed by atoms with Crippen LogP contribution in [0.4, 0.5) is 5.69 Å². The van der Waals surface area contributed by atoms with Gasteiger partial charge in [-0.05, 0) is 12.1 Å². The Kier molecular flexibility index (Phi) is 2.33. The number of ether oxygens (including phenoxy) is 1. The van der Waals surface area contributed by atoms with E-state index in [1.54, 1.807) is 18.0 Å². The lowest BCUT2D eigenvalue weighted by molar-refractivity contribution is 0.416. The van der Waals surface area contributed by atoms with Crippen LogP contribution in [0.25, 0.3) is 11.1 Å². The van der Waals surface area contributed by atoms with Gasteiger partial charge in [0.15, 0.2) is 0 Å². The number of aromatic nitrogens is 2. The highest BCUT2D eigenvalue weighted by atomic mass is 16.5. The Hall–Kier alpha value is -1.97. The molecule has 4 heteroatoms. The number of nitrogen functional groups attached to an aromatic ring is 1. The predicted molar refractivity (Wildman–Crippen MR) is 59.6 cm³/mol. The van der Waals surface area contributed by atoms with Crippen molar-refractivity contribution < 1.29 is 4.74 Å². The van der Waals surface area contributed by atoms with Crippen LogP contribution in [0.15, 0.2) is 30.6 Å². The highest BCUT2D eigenvalue weighted by Gasteiger charge is 2.07. The van der Waals surface area contributed by atoms with Gasteiger partial charge in [0.05, 0.1) is 13.3 Å². The van der Waals surface area contributed by atoms with Crippen molar-refractivity contribution in [2.75, 3.05) is 12.8 Å². The minimum atomic E-state index is 0.694. The first kappa shape index (κ1) is 9.58. The zero-order chi connectivity index (χ0) is 10.8. The number of anilines is 1. The topological polar surface area (TPSA) is 53.1 Å². The van der Waals surface area contributed by atoms with Gasteiger partial charge >= 0.3 is 0 Å². The molecule has 4 nitrogen and oxygen atoms in total. The molecule has 0 aliphatic rings. The SMILES string of the molecule is COc1cc(N)ccc1-c1cnn(C)c1. The maximum absolute atomic E-state index is 5.69. The van der Waals surface area contributed by atoms with Gasteiger partial charge in [0.25, 0.3) is 0 Å². The van der Waals surface area contributed by atoms with Gasteiger partial charge in [-0.3, -0.25) is 4.68 Å². The maximum Gasteiger partial charge on any atom is 0.128 e. The van der Waals surface area contributed by atoms with Crippen molar-refractivity contribution in [3.63, 3.8) is 0 Å². The first-order valence-electron chi connectivity index (χ1n) is 4.63. The minimum Gasteiger partial charge on any atom is -0.496 e. The van der Waals surface area contributed by atoms with E-state index < -0.39 is 0 Å². The summed E-state index contributed by atoms with van der Waals surface area (Å²) in [6.45, 7) is 0. The van der Waals surface area contributed by atoms with E-state index in [-0.39, 0.29) is 0 Å². The summed E-state index contributed by atoms with van der Waals surface area (Å²) in [6, 6.07) is 5.60. The smallest absolute Gasteiger partial charge is 0.128 e. The Balaban J connectivity index is 2.52. The quantitative estimate of drug-likeness (QED) is 0.755. The fourth-order valence-electron chi connectivity index (χ4n) is 1.51. The second kappa shape index (κ2) is 3.65. The zero-order valence-electron chi connectivity index (χ0n) is 8.77. The van der Waals surface area contributed by atoms with Crippen LogP contribution in [0.3, 0.4) is 0 Å². The van der Waals surface area contributed by atoms with Crippen molar-refractivity contribution in [3.05, 3.63) is 30.6 Å². The molecule has 0 unspecified atom stereocenters. The van der Waals surface area contributed by atoms with Crippen LogP contribution >= 0.6 is 0 Å². The van der Waals surface area contributed by atoms with E-state index in [2.05, 4.69) is 5.10 Å². The van der Waals surface area contributed by atoms with Crippen LogP contribution < -0.4 is 10.5 Å². The summed E-state index contributed by atoms with van der Waals surface area (Å²) in [5.74, 6) is 0.767. The van der Waals surface area contributed by atoms with Crippen molar-refractivity contribution in [1.82, 2.24) is 9.78 Å². The minimum absolute atomic E-state index is 0.694. The largest absolute Gasteiger partial charge is 0.496 e. The fourth-order valence-corrected chi connectivity index (χ4v) is 1.51. The maximum atomic E-state index is 5.69. The molecule has 0 saturated carbocycles. The Morgan fingerprint density at radius 3 is 2.80 bits per heavy atom. The van der Waals surface area contributed by atoms with Crippen molar-refractivity contribution >= 4 is 5.69 Å². The number of hydrogen-bond donors (Lipinski definition) is 1. The van der Waals surface area contributed by atoms with E-state index in [4.69, 9.17) is 10.5 Å². The molecule has 1 aromatic carbocycles. The molecule has 2 rings (SSSR count). The molecule has 1 aromatic heterocycles. The summed E-state index contributed by atoms with van der Waals surface area (Å²) in [5, 5.41) is 4.12. The lowest BCUT2D eigenvalue weighted by Gasteiger charge is -2.07. The summed E-state index contributed by atoms with van der Waals surface area (Å²) in [7, 11) is 3.52. The lowest BCUT2D eigenvalue weighted by atomic mass is 10.1. The molecule has 0 saturated heterocycles. The average molecular weight is 203 g/mol. The first-order valence-corrected chi connectivity index (χ1v) is 4.63. The Morgan fingerprint density at radius 2 is 2.20 bits per heavy atom. The van der Waals surface area contributed by atoms with E-state index in [0.29, 0.717) is 5.69 Å². The third-order valence-electron chi connectivity index (χ3n) is 2.24. The zero-order valence-corrected chi connectivity index (χ0v) is 8.77. The lowest BCUT2D eigenvalue weighted by Crippen LogP contribution is -1.90. The van der Waals surface area contributed by atoms with Crippen molar-refractivity contribution in [1.29, 1.82) is 0 Å². The monoisotopic (exact) mass is 203 g/mol. The van der Waals surface area contributed by atoms with E-state index in [9.17, 15) is 0 Å². The number of hydrogen-bond acceptors (Lipinski definition) is 3. The molecule has 1 heterocycles. The Labute approximate surface area is 88.3 Å². The van der Waals surface area contributed by atoms with Gasteiger partial charge in [-0.25, -0.2) is 0 Å². The van der Waals surface area contributed by atoms with Crippen LogP contribution in [-0.2, 0) is 7.05 Å². The third-order valence-corrected chi connectivity index (χ3v) is 2.24. The van der Waals surface area contributed by atoms with Gasteiger partial charge < -0.3 is 10.5 Å². The normalized spacial score (nSPS) is 10.3. The molecule has 0 aliphatic heterocycles. The van der Waals surface area contributed by atoms with Gasteiger partial charge in [-0.1, -0.05) is 0 Å². The molecule has 0 amide bonds. The van der Waals surface area contributed by atoms with Crippen molar-refractivity contribution in [3.8, 4) is 16.9 Å². The van der Waals surface area contributed by atoms with Crippen LogP contribution in [0.5, 0.6) is 5.75 Å². The van der Waals surface area contributed by atoms with Crippen LogP contribution in [0.1, 0.15) is 0 Å². The Morgan fingerprint density at radius 1 is 1.40 bits per heavy atom. The molecular formula is C11H13N3O. The van der Waals surface area contributed by atoms with Crippen LogP contribution in [0, 0.1) is 0 Å². The summed E-state index contributed by atoms with van der Waals surface area (Å²) >= 11 is 0. The number of benzene rings is 1. The van der Waals surface area contributed by atoms with E-state index in [1.165, 1.54) is 0 Å². The molecule has 0 aliphatic carbocycles. The summed E-state index contributed by atoms with van der Waals surface area (Å²) in [6.07, 6.45) is 3.74. The van der Waals surface area contributed by atoms with E-state index in [0.717, 1.165) is 16.9 Å². The summed E-state index contributed by atoms with van der Waals surface area (Å²) in [4.78, 5) is 0. The molecule has 15 heavy (non-hydrogen) atoms.